The van der Waals surface area contributed by atoms with Crippen LogP contribution < -0.4 is 0 Å². The predicted octanol–water partition coefficient (Wildman–Crippen LogP) is 9.73. The second-order valence-electron chi connectivity index (χ2n) is 13.6. The van der Waals surface area contributed by atoms with E-state index in [4.69, 9.17) is 0 Å². The number of carboxylic acid groups (broad SMARTS) is 3. The first-order valence-electron chi connectivity index (χ1n) is 18.2. The highest BCUT2D eigenvalue weighted by atomic mass is 16.4. The molecule has 3 atom stereocenters. The highest BCUT2D eigenvalue weighted by Gasteiger charge is 2.31. The maximum atomic E-state index is 11.5. The Bertz CT molecular complexity index is 707. The average Bonchev–Trinajstić information content (AvgIpc) is 2.99. The SMILES string of the molecule is CC/C=C/CCCCCCCCCCCCCCCCCC[N+](CCC(C)C(=O)O)(CCC(C)C(=O)O)CCC(C)C(=O)O. The van der Waals surface area contributed by atoms with Gasteiger partial charge in [0.05, 0.1) is 43.9 Å². The molecule has 0 aliphatic heterocycles. The molecule has 0 amide bonds. The number of carbonyl (C=O) groups is 3. The van der Waals surface area contributed by atoms with Gasteiger partial charge in [0.2, 0.25) is 0 Å². The number of allylic oxidation sites excluding steroid dienone is 2. The summed E-state index contributed by atoms with van der Waals surface area (Å²) >= 11 is 0. The van der Waals surface area contributed by atoms with Gasteiger partial charge in [0.1, 0.15) is 0 Å². The van der Waals surface area contributed by atoms with Gasteiger partial charge in [-0.25, -0.2) is 0 Å². The molecule has 0 fully saturated rings. The number of aliphatic carboxylic acids is 3. The standard InChI is InChI=1S/C37H69NO6/c1-5-6-7-8-9-10-11-12-13-14-15-16-17-18-19-20-21-22-23-24-28-38(29-25-32(2)35(39)40,30-26-33(3)36(41)42)31-27-34(4)37(43)44/h6-7,32-34H,5,8-31H2,1-4H3,(H2-,39,40,41,42,43,44)/p+1/b7-6+. The van der Waals surface area contributed by atoms with Crippen LogP contribution >= 0.6 is 0 Å². The van der Waals surface area contributed by atoms with E-state index in [0.717, 1.165) is 25.8 Å². The van der Waals surface area contributed by atoms with E-state index in [1.54, 1.807) is 20.8 Å². The second kappa shape index (κ2) is 27.4. The van der Waals surface area contributed by atoms with Crippen LogP contribution in [0.2, 0.25) is 0 Å². The molecule has 0 aromatic heterocycles. The summed E-state index contributed by atoms with van der Waals surface area (Å²) in [6, 6.07) is 0. The van der Waals surface area contributed by atoms with Crippen LogP contribution in [0.4, 0.5) is 0 Å². The zero-order chi connectivity index (χ0) is 33.1. The van der Waals surface area contributed by atoms with E-state index < -0.39 is 35.7 Å². The fourth-order valence-corrected chi connectivity index (χ4v) is 5.91. The first-order valence-corrected chi connectivity index (χ1v) is 18.2. The molecule has 0 heterocycles. The largest absolute Gasteiger partial charge is 0.481 e. The minimum Gasteiger partial charge on any atom is -0.481 e. The van der Waals surface area contributed by atoms with Gasteiger partial charge in [0.15, 0.2) is 0 Å². The summed E-state index contributed by atoms with van der Waals surface area (Å²) in [7, 11) is 0. The van der Waals surface area contributed by atoms with Gasteiger partial charge in [-0.3, -0.25) is 14.4 Å². The Balaban J connectivity index is 4.36. The van der Waals surface area contributed by atoms with Crippen molar-refractivity contribution in [1.82, 2.24) is 0 Å². The Kier molecular flexibility index (Phi) is 26.2. The Morgan fingerprint density at radius 1 is 0.477 bits per heavy atom. The number of hydrogen-bond acceptors (Lipinski definition) is 3. The fourth-order valence-electron chi connectivity index (χ4n) is 5.91. The van der Waals surface area contributed by atoms with E-state index >= 15 is 0 Å². The Morgan fingerprint density at radius 3 is 1.07 bits per heavy atom. The maximum Gasteiger partial charge on any atom is 0.306 e. The van der Waals surface area contributed by atoms with Crippen LogP contribution in [-0.2, 0) is 14.4 Å². The lowest BCUT2D eigenvalue weighted by molar-refractivity contribution is -0.929. The van der Waals surface area contributed by atoms with Crippen molar-refractivity contribution in [3.8, 4) is 0 Å². The summed E-state index contributed by atoms with van der Waals surface area (Å²) in [5.41, 5.74) is 0. The highest BCUT2D eigenvalue weighted by Crippen LogP contribution is 2.22. The van der Waals surface area contributed by atoms with Crippen molar-refractivity contribution < 1.29 is 34.2 Å². The van der Waals surface area contributed by atoms with Gasteiger partial charge in [0, 0.05) is 19.3 Å². The monoisotopic (exact) mass is 625 g/mol. The summed E-state index contributed by atoms with van der Waals surface area (Å²) in [4.78, 5) is 34.5. The third-order valence-electron chi connectivity index (χ3n) is 9.53. The molecule has 0 rings (SSSR count). The van der Waals surface area contributed by atoms with E-state index in [2.05, 4.69) is 19.1 Å². The van der Waals surface area contributed by atoms with Crippen molar-refractivity contribution in [3.05, 3.63) is 12.2 Å². The summed E-state index contributed by atoms with van der Waals surface area (Å²) < 4.78 is 0.615. The van der Waals surface area contributed by atoms with Crippen molar-refractivity contribution in [2.45, 2.75) is 163 Å². The van der Waals surface area contributed by atoms with Crippen LogP contribution in [0, 0.1) is 17.8 Å². The molecule has 0 saturated heterocycles. The van der Waals surface area contributed by atoms with E-state index in [9.17, 15) is 29.7 Å². The molecular formula is C37H70NO6+. The van der Waals surface area contributed by atoms with Crippen LogP contribution in [-0.4, -0.2) is 63.9 Å². The van der Waals surface area contributed by atoms with Gasteiger partial charge in [-0.2, -0.15) is 0 Å². The predicted molar refractivity (Wildman–Crippen MR) is 182 cm³/mol. The third-order valence-corrected chi connectivity index (χ3v) is 9.53. The normalized spacial score (nSPS) is 15.2. The Labute approximate surface area is 270 Å². The van der Waals surface area contributed by atoms with Crippen molar-refractivity contribution in [1.29, 1.82) is 0 Å². The lowest BCUT2D eigenvalue weighted by Gasteiger charge is -2.40. The molecule has 0 radical (unpaired) electrons. The zero-order valence-corrected chi connectivity index (χ0v) is 29.1. The van der Waals surface area contributed by atoms with E-state index in [1.165, 1.54) is 96.3 Å². The van der Waals surface area contributed by atoms with Crippen molar-refractivity contribution in [3.63, 3.8) is 0 Å². The smallest absolute Gasteiger partial charge is 0.306 e. The molecule has 0 spiro atoms. The summed E-state index contributed by atoms with van der Waals surface area (Å²) in [6.45, 7) is 10.1. The van der Waals surface area contributed by atoms with Gasteiger partial charge < -0.3 is 19.8 Å². The van der Waals surface area contributed by atoms with Crippen LogP contribution in [0.5, 0.6) is 0 Å². The van der Waals surface area contributed by atoms with Crippen LogP contribution in [0.15, 0.2) is 12.2 Å². The average molecular weight is 625 g/mol. The molecular weight excluding hydrogens is 554 g/mol. The second-order valence-corrected chi connectivity index (χ2v) is 13.6. The summed E-state index contributed by atoms with van der Waals surface area (Å²) in [5, 5.41) is 28.3. The van der Waals surface area contributed by atoms with Crippen molar-refractivity contribution in [2.24, 2.45) is 17.8 Å². The van der Waals surface area contributed by atoms with Gasteiger partial charge >= 0.3 is 17.9 Å². The van der Waals surface area contributed by atoms with E-state index in [-0.39, 0.29) is 0 Å². The number of rotatable bonds is 32. The molecule has 7 heteroatoms. The number of unbranched alkanes of at least 4 members (excludes halogenated alkanes) is 16. The molecule has 0 aliphatic carbocycles. The lowest BCUT2D eigenvalue weighted by Crippen LogP contribution is -2.52. The molecule has 0 aromatic carbocycles. The number of quaternary nitrogens is 1. The molecule has 0 aromatic rings. The minimum atomic E-state index is -0.821. The van der Waals surface area contributed by atoms with Gasteiger partial charge in [-0.05, 0) is 32.1 Å². The topological polar surface area (TPSA) is 112 Å². The maximum absolute atomic E-state index is 11.5. The summed E-state index contributed by atoms with van der Waals surface area (Å²) in [6.07, 6.45) is 29.3. The van der Waals surface area contributed by atoms with Crippen LogP contribution in [0.25, 0.3) is 0 Å². The molecule has 0 saturated carbocycles. The zero-order valence-electron chi connectivity index (χ0n) is 29.1. The van der Waals surface area contributed by atoms with E-state index in [1.807, 2.05) is 0 Å². The Morgan fingerprint density at radius 2 is 0.773 bits per heavy atom. The quantitative estimate of drug-likeness (QED) is 0.0390. The van der Waals surface area contributed by atoms with Crippen molar-refractivity contribution >= 4 is 17.9 Å². The molecule has 44 heavy (non-hydrogen) atoms. The van der Waals surface area contributed by atoms with Gasteiger partial charge in [-0.1, -0.05) is 123 Å². The number of nitrogens with zero attached hydrogens (tertiary/aromatic N) is 1. The molecule has 0 bridgehead atoms. The molecule has 258 valence electrons. The van der Waals surface area contributed by atoms with E-state index in [0.29, 0.717) is 43.4 Å². The van der Waals surface area contributed by atoms with Crippen molar-refractivity contribution in [2.75, 3.05) is 26.2 Å². The first-order chi connectivity index (χ1) is 21.0. The lowest BCUT2D eigenvalue weighted by atomic mass is 10.0. The van der Waals surface area contributed by atoms with Crippen LogP contribution in [0.1, 0.15) is 163 Å². The number of carboxylic acids is 3. The molecule has 0 aliphatic rings. The summed E-state index contributed by atoms with van der Waals surface area (Å²) in [5.74, 6) is -3.90. The third kappa shape index (κ3) is 23.5. The molecule has 3 unspecified atom stereocenters. The minimum absolute atomic E-state index is 0.478. The molecule has 3 N–H and O–H groups in total. The first kappa shape index (κ1) is 42.1. The number of hydrogen-bond donors (Lipinski definition) is 3. The fraction of sp³-hybridized carbons (Fsp3) is 0.865. The van der Waals surface area contributed by atoms with Gasteiger partial charge in [-0.15, -0.1) is 0 Å². The molecule has 7 nitrogen and oxygen atoms in total. The van der Waals surface area contributed by atoms with Crippen LogP contribution in [0.3, 0.4) is 0 Å². The Hall–Kier alpha value is -1.89. The van der Waals surface area contributed by atoms with Gasteiger partial charge in [0.25, 0.3) is 0 Å². The highest BCUT2D eigenvalue weighted by molar-refractivity contribution is 5.70.